The minimum absolute atomic E-state index is 0.0136. The van der Waals surface area contributed by atoms with Crippen LogP contribution in [0.2, 0.25) is 5.02 Å². The monoisotopic (exact) mass is 552 g/mol. The average Bonchev–Trinajstić information content (AvgIpc) is 3.38. The predicted octanol–water partition coefficient (Wildman–Crippen LogP) is 2.43. The standard InChI is InChI=1S/C25H33ClN4O6S/c1-23(2,3)22(32)28-9-7-24(8-10-28)14-30-21(31)13-29(15-25(30,36-24)16-35-4)37(33,34)20-12-17-11-18(26)5-6-19(17)27-20/h5-6,11-12,27H,7-10,13-16H2,1-4H3. The van der Waals surface area contributed by atoms with Gasteiger partial charge in [0.25, 0.3) is 10.0 Å². The molecular weight excluding hydrogens is 520 g/mol. The third-order valence-electron chi connectivity index (χ3n) is 7.53. The van der Waals surface area contributed by atoms with E-state index >= 15 is 0 Å². The zero-order valence-corrected chi connectivity index (χ0v) is 23.1. The average molecular weight is 553 g/mol. The van der Waals surface area contributed by atoms with Gasteiger partial charge in [0.1, 0.15) is 5.03 Å². The number of ether oxygens (including phenoxy) is 2. The molecule has 1 unspecified atom stereocenters. The Morgan fingerprint density at radius 1 is 1.19 bits per heavy atom. The molecule has 3 aliphatic heterocycles. The second kappa shape index (κ2) is 8.94. The molecule has 202 valence electrons. The maximum absolute atomic E-state index is 13.7. The number of amides is 2. The summed E-state index contributed by atoms with van der Waals surface area (Å²) < 4.78 is 40.6. The van der Waals surface area contributed by atoms with Crippen molar-refractivity contribution in [2.45, 2.75) is 50.0 Å². The fourth-order valence-corrected chi connectivity index (χ4v) is 7.30. The molecule has 5 rings (SSSR count). The van der Waals surface area contributed by atoms with E-state index in [-0.39, 0.29) is 36.5 Å². The summed E-state index contributed by atoms with van der Waals surface area (Å²) in [5.74, 6) is -0.256. The van der Waals surface area contributed by atoms with E-state index in [1.54, 1.807) is 23.1 Å². The molecule has 1 spiro atoms. The lowest BCUT2D eigenvalue weighted by Gasteiger charge is -2.44. The Labute approximate surface area is 221 Å². The molecule has 1 aromatic heterocycles. The summed E-state index contributed by atoms with van der Waals surface area (Å²) in [7, 11) is -2.54. The Kier molecular flexibility index (Phi) is 6.39. The van der Waals surface area contributed by atoms with Gasteiger partial charge in [-0.15, -0.1) is 0 Å². The number of piperazine rings is 1. The van der Waals surface area contributed by atoms with Crippen molar-refractivity contribution in [1.29, 1.82) is 0 Å². The molecule has 4 heterocycles. The second-order valence-corrected chi connectivity index (χ2v) is 13.7. The first kappa shape index (κ1) is 26.4. The Morgan fingerprint density at radius 3 is 2.54 bits per heavy atom. The maximum atomic E-state index is 13.7. The van der Waals surface area contributed by atoms with Gasteiger partial charge in [0, 0.05) is 41.5 Å². The predicted molar refractivity (Wildman–Crippen MR) is 137 cm³/mol. The summed E-state index contributed by atoms with van der Waals surface area (Å²) >= 11 is 6.07. The minimum atomic E-state index is -4.04. The Bertz CT molecular complexity index is 1340. The number of H-pyrrole nitrogens is 1. The quantitative estimate of drug-likeness (QED) is 0.623. The summed E-state index contributed by atoms with van der Waals surface area (Å²) in [5.41, 5.74) is -1.76. The zero-order chi connectivity index (χ0) is 26.8. The van der Waals surface area contributed by atoms with E-state index in [0.29, 0.717) is 48.4 Å². The van der Waals surface area contributed by atoms with Crippen molar-refractivity contribution in [3.63, 3.8) is 0 Å². The van der Waals surface area contributed by atoms with Crippen molar-refractivity contribution in [3.05, 3.63) is 29.3 Å². The third-order valence-corrected chi connectivity index (χ3v) is 9.48. The van der Waals surface area contributed by atoms with Crippen molar-refractivity contribution in [2.24, 2.45) is 5.41 Å². The first-order valence-electron chi connectivity index (χ1n) is 12.4. The third kappa shape index (κ3) is 4.54. The van der Waals surface area contributed by atoms with Crippen LogP contribution >= 0.6 is 11.6 Å². The zero-order valence-electron chi connectivity index (χ0n) is 21.5. The van der Waals surface area contributed by atoms with E-state index < -0.39 is 26.8 Å². The van der Waals surface area contributed by atoms with E-state index in [1.807, 2.05) is 25.7 Å². The molecule has 2 aromatic rings. The number of likely N-dealkylation sites (tertiary alicyclic amines) is 1. The second-order valence-electron chi connectivity index (χ2n) is 11.3. The fraction of sp³-hybridized carbons (Fsp3) is 0.600. The molecule has 10 nitrogen and oxygen atoms in total. The molecule has 0 saturated carbocycles. The van der Waals surface area contributed by atoms with Gasteiger partial charge in [-0.3, -0.25) is 9.59 Å². The van der Waals surface area contributed by atoms with Gasteiger partial charge in [-0.1, -0.05) is 32.4 Å². The maximum Gasteiger partial charge on any atom is 0.259 e. The van der Waals surface area contributed by atoms with Crippen molar-refractivity contribution in [1.82, 2.24) is 19.1 Å². The van der Waals surface area contributed by atoms with Crippen LogP contribution in [-0.2, 0) is 29.1 Å². The molecule has 3 aliphatic rings. The van der Waals surface area contributed by atoms with Crippen LogP contribution in [0.15, 0.2) is 29.3 Å². The number of nitrogens with zero attached hydrogens (tertiary/aromatic N) is 3. The topological polar surface area (TPSA) is 112 Å². The van der Waals surface area contributed by atoms with Crippen LogP contribution in [0.4, 0.5) is 0 Å². The van der Waals surface area contributed by atoms with Gasteiger partial charge in [0.15, 0.2) is 5.72 Å². The number of nitrogens with one attached hydrogen (secondary N) is 1. The molecule has 2 amide bonds. The molecule has 0 radical (unpaired) electrons. The van der Waals surface area contributed by atoms with Crippen molar-refractivity contribution in [2.75, 3.05) is 46.4 Å². The number of sulfonamides is 1. The van der Waals surface area contributed by atoms with Crippen LogP contribution in [0.1, 0.15) is 33.6 Å². The van der Waals surface area contributed by atoms with E-state index in [2.05, 4.69) is 4.98 Å². The fourth-order valence-electron chi connectivity index (χ4n) is 5.68. The highest BCUT2D eigenvalue weighted by Gasteiger charge is 2.61. The molecule has 0 aliphatic carbocycles. The van der Waals surface area contributed by atoms with Gasteiger partial charge in [-0.05, 0) is 37.1 Å². The van der Waals surface area contributed by atoms with Crippen LogP contribution in [0.5, 0.6) is 0 Å². The number of carbonyl (C=O) groups excluding carboxylic acids is 2. The number of methoxy groups -OCH3 is 1. The number of fused-ring (bicyclic) bond motifs is 2. The largest absolute Gasteiger partial charge is 0.380 e. The first-order valence-corrected chi connectivity index (χ1v) is 14.2. The summed E-state index contributed by atoms with van der Waals surface area (Å²) in [6, 6.07) is 6.60. The van der Waals surface area contributed by atoms with E-state index in [0.717, 1.165) is 4.31 Å². The summed E-state index contributed by atoms with van der Waals surface area (Å²) in [6.07, 6.45) is 1.11. The molecular formula is C25H33ClN4O6S. The molecule has 1 atom stereocenters. The number of aromatic amines is 1. The van der Waals surface area contributed by atoms with E-state index in [9.17, 15) is 18.0 Å². The lowest BCUT2D eigenvalue weighted by molar-refractivity contribution is -0.198. The number of benzene rings is 1. The van der Waals surface area contributed by atoms with Gasteiger partial charge in [0.05, 0.1) is 31.8 Å². The molecule has 1 N–H and O–H groups in total. The van der Waals surface area contributed by atoms with E-state index in [4.69, 9.17) is 21.1 Å². The Balaban J connectivity index is 1.40. The SMILES string of the molecule is COCC12CN(S(=O)(=O)c3cc4cc(Cl)ccc4[nH]3)CC(=O)N1CC1(CCN(C(=O)C(C)(C)C)CC1)O2. The molecule has 1 aromatic carbocycles. The van der Waals surface area contributed by atoms with Gasteiger partial charge >= 0.3 is 0 Å². The van der Waals surface area contributed by atoms with Gasteiger partial charge < -0.3 is 24.3 Å². The molecule has 12 heteroatoms. The Hall–Kier alpha value is -2.18. The Morgan fingerprint density at radius 2 is 1.89 bits per heavy atom. The van der Waals surface area contributed by atoms with Crippen LogP contribution in [0, 0.1) is 5.41 Å². The van der Waals surface area contributed by atoms with Crippen molar-refractivity contribution < 1.29 is 27.5 Å². The lowest BCUT2D eigenvalue weighted by atomic mass is 9.88. The summed E-state index contributed by atoms with van der Waals surface area (Å²) in [4.78, 5) is 32.6. The highest BCUT2D eigenvalue weighted by Crippen LogP contribution is 2.44. The van der Waals surface area contributed by atoms with Gasteiger partial charge in [0.2, 0.25) is 11.8 Å². The van der Waals surface area contributed by atoms with Crippen molar-refractivity contribution >= 4 is 44.3 Å². The van der Waals surface area contributed by atoms with Gasteiger partial charge in [-0.25, -0.2) is 8.42 Å². The molecule has 3 saturated heterocycles. The highest BCUT2D eigenvalue weighted by molar-refractivity contribution is 7.89. The van der Waals surface area contributed by atoms with Crippen molar-refractivity contribution in [3.8, 4) is 0 Å². The first-order chi connectivity index (χ1) is 17.3. The number of rotatable bonds is 4. The molecule has 3 fully saturated rings. The molecule has 37 heavy (non-hydrogen) atoms. The molecule has 0 bridgehead atoms. The number of piperidine rings is 1. The van der Waals surface area contributed by atoms with Crippen LogP contribution in [0.25, 0.3) is 10.9 Å². The number of hydrogen-bond donors (Lipinski definition) is 1. The van der Waals surface area contributed by atoms with E-state index in [1.165, 1.54) is 13.2 Å². The minimum Gasteiger partial charge on any atom is -0.380 e. The number of carbonyl (C=O) groups is 2. The van der Waals surface area contributed by atoms with Gasteiger partial charge in [-0.2, -0.15) is 4.31 Å². The lowest BCUT2D eigenvalue weighted by Crippen LogP contribution is -2.65. The number of aromatic nitrogens is 1. The number of halogens is 1. The van der Waals surface area contributed by atoms with Crippen LogP contribution in [0.3, 0.4) is 0 Å². The highest BCUT2D eigenvalue weighted by atomic mass is 35.5. The van der Waals surface area contributed by atoms with Crippen LogP contribution in [-0.4, -0.2) is 97.1 Å². The smallest absolute Gasteiger partial charge is 0.259 e. The van der Waals surface area contributed by atoms with Crippen LogP contribution < -0.4 is 0 Å². The summed E-state index contributed by atoms with van der Waals surface area (Å²) in [6.45, 7) is 6.74. The number of hydrogen-bond acceptors (Lipinski definition) is 6. The normalized spacial score (nSPS) is 24.7. The summed E-state index contributed by atoms with van der Waals surface area (Å²) in [5, 5.41) is 1.15.